The van der Waals surface area contributed by atoms with Crippen LogP contribution in [0.5, 0.6) is 11.5 Å². The van der Waals surface area contributed by atoms with Gasteiger partial charge in [0.05, 0.1) is 7.11 Å². The van der Waals surface area contributed by atoms with Gasteiger partial charge in [-0.15, -0.1) is 0 Å². The van der Waals surface area contributed by atoms with Gasteiger partial charge >= 0.3 is 0 Å². The summed E-state index contributed by atoms with van der Waals surface area (Å²) in [6.07, 6.45) is 5.78. The van der Waals surface area contributed by atoms with Gasteiger partial charge in [0.15, 0.2) is 17.3 Å². The number of phenolic OH excluding ortho intramolecular Hbond substituents is 1. The Labute approximate surface area is 163 Å². The van der Waals surface area contributed by atoms with Crippen LogP contribution in [0.15, 0.2) is 59.8 Å². The maximum Gasteiger partial charge on any atom is 0.187 e. The highest BCUT2D eigenvalue weighted by molar-refractivity contribution is 6.15. The van der Waals surface area contributed by atoms with Crippen molar-refractivity contribution in [1.82, 2.24) is 9.88 Å². The van der Waals surface area contributed by atoms with Crippen LogP contribution < -0.4 is 4.74 Å². The number of nitrogens with one attached hydrogen (secondary N) is 1. The number of ether oxygens (including phenoxy) is 1. The lowest BCUT2D eigenvalue weighted by molar-refractivity contribution is -0.113. The number of hydrogen-bond acceptors (Lipinski definition) is 4. The van der Waals surface area contributed by atoms with Gasteiger partial charge in [-0.3, -0.25) is 9.69 Å². The Morgan fingerprint density at radius 3 is 2.64 bits per heavy atom. The minimum atomic E-state index is 0.0513. The molecule has 1 aliphatic heterocycles. The highest BCUT2D eigenvalue weighted by Crippen LogP contribution is 2.29. The molecule has 1 aliphatic rings. The fraction of sp³-hybridized carbons (Fsp3) is 0.174. The second-order valence-corrected chi connectivity index (χ2v) is 7.06. The van der Waals surface area contributed by atoms with Gasteiger partial charge in [0.1, 0.15) is 0 Å². The molecule has 3 aromatic rings. The van der Waals surface area contributed by atoms with Crippen LogP contribution in [0, 0.1) is 0 Å². The van der Waals surface area contributed by atoms with E-state index >= 15 is 0 Å². The second kappa shape index (κ2) is 7.37. The van der Waals surface area contributed by atoms with Gasteiger partial charge in [0, 0.05) is 46.9 Å². The summed E-state index contributed by atoms with van der Waals surface area (Å²) in [5, 5.41) is 10.9. The molecule has 1 fully saturated rings. The number of aromatic hydroxyl groups is 1. The molecule has 1 saturated heterocycles. The molecular weight excluding hydrogens is 352 g/mol. The maximum absolute atomic E-state index is 13.1. The van der Waals surface area contributed by atoms with Crippen molar-refractivity contribution in [1.29, 1.82) is 0 Å². The molecule has 0 saturated carbocycles. The van der Waals surface area contributed by atoms with Gasteiger partial charge in [-0.25, -0.2) is 0 Å². The lowest BCUT2D eigenvalue weighted by Crippen LogP contribution is -2.34. The number of aromatic amines is 1. The molecule has 0 unspecified atom stereocenters. The fourth-order valence-corrected chi connectivity index (χ4v) is 3.60. The number of piperidine rings is 1. The average Bonchev–Trinajstić information content (AvgIpc) is 3.10. The first-order valence-electron chi connectivity index (χ1n) is 9.12. The highest BCUT2D eigenvalue weighted by Gasteiger charge is 2.24. The van der Waals surface area contributed by atoms with Crippen molar-refractivity contribution in [2.75, 3.05) is 27.2 Å². The predicted molar refractivity (Wildman–Crippen MR) is 111 cm³/mol. The quantitative estimate of drug-likeness (QED) is 0.683. The molecule has 1 aromatic heterocycles. The van der Waals surface area contributed by atoms with Gasteiger partial charge < -0.3 is 14.8 Å². The standard InChI is InChI=1S/C23H22N2O3/c1-25-13-17(9-15-7-8-21(26)22(10-15)28-2)23(27)18(14-25)11-16-12-24-20-6-4-3-5-19(16)20/h3-12,24,26H,13-14H2,1-2H3/b17-9+,18-11+. The molecule has 2 heterocycles. The number of likely N-dealkylation sites (N-methyl/N-ethyl adjacent to an activating group) is 1. The SMILES string of the molecule is COc1cc(/C=C2\CN(C)C/C(=C\c3c[nH]c4ccccc34)C2=O)ccc1O. The third-order valence-corrected chi connectivity index (χ3v) is 4.96. The van der Waals surface area contributed by atoms with Crippen LogP contribution >= 0.6 is 0 Å². The van der Waals surface area contributed by atoms with E-state index in [0.29, 0.717) is 24.4 Å². The second-order valence-electron chi connectivity index (χ2n) is 7.06. The van der Waals surface area contributed by atoms with E-state index in [2.05, 4.69) is 16.0 Å². The number of H-pyrrole nitrogens is 1. The molecule has 2 N–H and O–H groups in total. The number of benzene rings is 2. The molecule has 28 heavy (non-hydrogen) atoms. The van der Waals surface area contributed by atoms with E-state index in [9.17, 15) is 9.90 Å². The smallest absolute Gasteiger partial charge is 0.187 e. The van der Waals surface area contributed by atoms with E-state index in [-0.39, 0.29) is 11.5 Å². The maximum atomic E-state index is 13.1. The topological polar surface area (TPSA) is 65.6 Å². The van der Waals surface area contributed by atoms with Crippen LogP contribution in [0.4, 0.5) is 0 Å². The first-order chi connectivity index (χ1) is 13.5. The summed E-state index contributed by atoms with van der Waals surface area (Å²) in [6, 6.07) is 13.1. The predicted octanol–water partition coefficient (Wildman–Crippen LogP) is 3.86. The van der Waals surface area contributed by atoms with Gasteiger partial charge in [0.2, 0.25) is 0 Å². The largest absolute Gasteiger partial charge is 0.504 e. The van der Waals surface area contributed by atoms with Crippen LogP contribution in [0.25, 0.3) is 23.1 Å². The van der Waals surface area contributed by atoms with Crippen molar-refractivity contribution in [3.63, 3.8) is 0 Å². The summed E-state index contributed by atoms with van der Waals surface area (Å²) in [6.45, 7) is 1.18. The van der Waals surface area contributed by atoms with Crippen molar-refractivity contribution < 1.29 is 14.6 Å². The molecular formula is C23H22N2O3. The van der Waals surface area contributed by atoms with Crippen molar-refractivity contribution >= 4 is 28.8 Å². The number of phenols is 1. The molecule has 0 atom stereocenters. The van der Waals surface area contributed by atoms with Gasteiger partial charge in [0.25, 0.3) is 0 Å². The van der Waals surface area contributed by atoms with Crippen molar-refractivity contribution in [2.24, 2.45) is 0 Å². The number of rotatable bonds is 3. The number of nitrogens with zero attached hydrogens (tertiary/aromatic N) is 1. The molecule has 142 valence electrons. The number of ketones is 1. The van der Waals surface area contributed by atoms with Gasteiger partial charge in [-0.05, 0) is 43.0 Å². The molecule has 0 radical (unpaired) electrons. The van der Waals surface area contributed by atoms with E-state index in [0.717, 1.165) is 27.6 Å². The van der Waals surface area contributed by atoms with Crippen LogP contribution in [-0.4, -0.2) is 48.0 Å². The van der Waals surface area contributed by atoms with E-state index in [1.165, 1.54) is 7.11 Å². The lowest BCUT2D eigenvalue weighted by atomic mass is 9.94. The molecule has 2 aromatic carbocycles. The van der Waals surface area contributed by atoms with E-state index in [1.54, 1.807) is 18.2 Å². The summed E-state index contributed by atoms with van der Waals surface area (Å²) < 4.78 is 5.17. The highest BCUT2D eigenvalue weighted by atomic mass is 16.5. The number of methoxy groups -OCH3 is 1. The van der Waals surface area contributed by atoms with Gasteiger partial charge in [-0.2, -0.15) is 0 Å². The summed E-state index contributed by atoms with van der Waals surface area (Å²) in [7, 11) is 3.51. The zero-order valence-electron chi connectivity index (χ0n) is 15.9. The number of carbonyl (C=O) groups is 1. The Morgan fingerprint density at radius 2 is 1.86 bits per heavy atom. The van der Waals surface area contributed by atoms with Crippen LogP contribution in [0.1, 0.15) is 11.1 Å². The van der Waals surface area contributed by atoms with Crippen LogP contribution in [0.3, 0.4) is 0 Å². The Morgan fingerprint density at radius 1 is 1.11 bits per heavy atom. The Bertz CT molecular complexity index is 1110. The third-order valence-electron chi connectivity index (χ3n) is 4.96. The third kappa shape index (κ3) is 3.44. The Kier molecular flexibility index (Phi) is 4.75. The average molecular weight is 374 g/mol. The minimum Gasteiger partial charge on any atom is -0.504 e. The molecule has 0 aliphatic carbocycles. The molecule has 0 amide bonds. The number of para-hydroxylation sites is 1. The number of Topliss-reactive ketones (excluding diaryl/α,β-unsaturated/α-hetero) is 1. The van der Waals surface area contributed by atoms with Crippen molar-refractivity contribution in [3.8, 4) is 11.5 Å². The van der Waals surface area contributed by atoms with Crippen molar-refractivity contribution in [3.05, 3.63) is 70.9 Å². The van der Waals surface area contributed by atoms with Crippen LogP contribution in [0.2, 0.25) is 0 Å². The zero-order chi connectivity index (χ0) is 19.7. The van der Waals surface area contributed by atoms with Crippen LogP contribution in [-0.2, 0) is 4.79 Å². The fourth-order valence-electron chi connectivity index (χ4n) is 3.60. The lowest BCUT2D eigenvalue weighted by Gasteiger charge is -2.26. The number of likely N-dealkylation sites (tertiary alicyclic amines) is 1. The number of fused-ring (bicyclic) bond motifs is 1. The summed E-state index contributed by atoms with van der Waals surface area (Å²) in [5.74, 6) is 0.521. The zero-order valence-corrected chi connectivity index (χ0v) is 15.9. The Balaban J connectivity index is 1.70. The number of hydrogen-bond donors (Lipinski definition) is 2. The monoisotopic (exact) mass is 374 g/mol. The summed E-state index contributed by atoms with van der Waals surface area (Å²) in [4.78, 5) is 18.5. The van der Waals surface area contributed by atoms with Gasteiger partial charge in [-0.1, -0.05) is 24.3 Å². The molecule has 4 rings (SSSR count). The number of carbonyl (C=O) groups excluding carboxylic acids is 1. The van der Waals surface area contributed by atoms with E-state index in [1.807, 2.05) is 43.6 Å². The first kappa shape index (κ1) is 18.1. The summed E-state index contributed by atoms with van der Waals surface area (Å²) >= 11 is 0. The van der Waals surface area contributed by atoms with Crippen molar-refractivity contribution in [2.45, 2.75) is 0 Å². The molecule has 0 bridgehead atoms. The first-order valence-corrected chi connectivity index (χ1v) is 9.12. The molecule has 5 nitrogen and oxygen atoms in total. The Hall–Kier alpha value is -3.31. The number of aromatic nitrogens is 1. The molecule has 0 spiro atoms. The molecule has 5 heteroatoms. The summed E-state index contributed by atoms with van der Waals surface area (Å²) in [5.41, 5.74) is 4.36. The van der Waals surface area contributed by atoms with E-state index < -0.39 is 0 Å². The van der Waals surface area contributed by atoms with E-state index in [4.69, 9.17) is 4.74 Å². The minimum absolute atomic E-state index is 0.0513. The normalized spacial score (nSPS) is 18.3.